The van der Waals surface area contributed by atoms with Gasteiger partial charge in [0, 0.05) is 43.5 Å². The normalized spacial score (nSPS) is 11.5. The van der Waals surface area contributed by atoms with Crippen molar-refractivity contribution in [3.05, 3.63) is 72.3 Å². The van der Waals surface area contributed by atoms with Crippen molar-refractivity contribution in [2.24, 2.45) is 0 Å². The Morgan fingerprint density at radius 3 is 2.36 bits per heavy atom. The topological polar surface area (TPSA) is 87.7 Å². The predicted octanol–water partition coefficient (Wildman–Crippen LogP) is 3.99. The molecule has 0 aliphatic heterocycles. The van der Waals surface area contributed by atoms with Gasteiger partial charge in [0.05, 0.1) is 11.5 Å². The molecule has 7 nitrogen and oxygen atoms in total. The molecule has 0 radical (unpaired) electrons. The van der Waals surface area contributed by atoms with Crippen molar-refractivity contribution < 1.29 is 18.0 Å². The number of rotatable bonds is 12. The largest absolute Gasteiger partial charge is 0.377 e. The third-order valence-electron chi connectivity index (χ3n) is 5.27. The van der Waals surface area contributed by atoms with E-state index in [1.54, 1.807) is 12.1 Å². The molecule has 0 fully saturated rings. The van der Waals surface area contributed by atoms with Gasteiger partial charge in [0.2, 0.25) is 15.9 Å². The van der Waals surface area contributed by atoms with Crippen LogP contribution in [0.4, 0.5) is 5.69 Å². The van der Waals surface area contributed by atoms with Crippen molar-refractivity contribution in [3.8, 4) is 0 Å². The summed E-state index contributed by atoms with van der Waals surface area (Å²) in [5, 5.41) is 1.59. The summed E-state index contributed by atoms with van der Waals surface area (Å²) in [4.78, 5) is 19.3. The lowest BCUT2D eigenvalue weighted by atomic mass is 10.1. The molecule has 0 unspecified atom stereocenters. The maximum Gasteiger partial charge on any atom is 0.243 e. The fourth-order valence-electron chi connectivity index (χ4n) is 3.59. The molecule has 3 aromatic rings. The predicted molar refractivity (Wildman–Crippen MR) is 131 cm³/mol. The molecule has 0 heterocycles. The number of sulfonamides is 1. The summed E-state index contributed by atoms with van der Waals surface area (Å²) in [6, 6.07) is 20.6. The number of hydroxylamine groups is 1. The number of benzene rings is 3. The van der Waals surface area contributed by atoms with Crippen LogP contribution >= 0.6 is 0 Å². The van der Waals surface area contributed by atoms with Crippen molar-refractivity contribution in [1.82, 2.24) is 10.2 Å². The van der Waals surface area contributed by atoms with Gasteiger partial charge in [-0.2, -0.15) is 0 Å². The summed E-state index contributed by atoms with van der Waals surface area (Å²) >= 11 is 0. The average Bonchev–Trinajstić information content (AvgIpc) is 2.81. The molecule has 0 saturated carbocycles. The fraction of sp³-hybridized carbons (Fsp3) is 0.320. The van der Waals surface area contributed by atoms with E-state index in [0.717, 1.165) is 23.1 Å². The van der Waals surface area contributed by atoms with Crippen molar-refractivity contribution in [2.75, 3.05) is 25.5 Å². The van der Waals surface area contributed by atoms with Crippen LogP contribution in [0, 0.1) is 0 Å². The first-order chi connectivity index (χ1) is 15.9. The van der Waals surface area contributed by atoms with Gasteiger partial charge in [-0.3, -0.25) is 9.63 Å². The van der Waals surface area contributed by atoms with Gasteiger partial charge in [-0.15, -0.1) is 0 Å². The van der Waals surface area contributed by atoms with Crippen LogP contribution in [0.1, 0.15) is 31.2 Å². The molecular formula is C25H31N3O4S. The second kappa shape index (κ2) is 11.8. The molecule has 0 aliphatic carbocycles. The Hall–Kier alpha value is -2.94. The van der Waals surface area contributed by atoms with Crippen molar-refractivity contribution in [1.29, 1.82) is 0 Å². The molecule has 176 valence electrons. The monoisotopic (exact) mass is 469 g/mol. The van der Waals surface area contributed by atoms with E-state index in [4.69, 9.17) is 4.84 Å². The van der Waals surface area contributed by atoms with Gasteiger partial charge >= 0.3 is 0 Å². The van der Waals surface area contributed by atoms with Crippen LogP contribution in [-0.4, -0.2) is 35.0 Å². The minimum Gasteiger partial charge on any atom is -0.377 e. The third kappa shape index (κ3) is 7.02. The van der Waals surface area contributed by atoms with Gasteiger partial charge in [-0.25, -0.2) is 18.6 Å². The summed E-state index contributed by atoms with van der Waals surface area (Å²) < 4.78 is 28.5. The number of nitrogens with one attached hydrogen (secondary N) is 2. The number of carbonyl (C=O) groups excluding carboxylic acids is 1. The molecule has 0 aliphatic rings. The molecule has 33 heavy (non-hydrogen) atoms. The number of anilines is 1. The fourth-order valence-corrected chi connectivity index (χ4v) is 4.88. The summed E-state index contributed by atoms with van der Waals surface area (Å²) in [5.41, 5.74) is 4.39. The van der Waals surface area contributed by atoms with Crippen molar-refractivity contribution >= 4 is 32.4 Å². The molecule has 0 atom stereocenters. The Balaban J connectivity index is 1.42. The van der Waals surface area contributed by atoms with Gasteiger partial charge < -0.3 is 4.90 Å². The van der Waals surface area contributed by atoms with E-state index in [0.29, 0.717) is 37.8 Å². The van der Waals surface area contributed by atoms with Crippen LogP contribution in [0.25, 0.3) is 10.8 Å². The second-order valence-corrected chi connectivity index (χ2v) is 9.77. The zero-order valence-electron chi connectivity index (χ0n) is 19.1. The maximum absolute atomic E-state index is 12.9. The molecule has 0 spiro atoms. The quantitative estimate of drug-likeness (QED) is 0.309. The molecule has 0 bridgehead atoms. The van der Waals surface area contributed by atoms with Gasteiger partial charge in [0.15, 0.2) is 0 Å². The smallest absolute Gasteiger partial charge is 0.243 e. The Bertz CT molecular complexity index is 1160. The lowest BCUT2D eigenvalue weighted by Crippen LogP contribution is -2.25. The SMILES string of the molecule is CN(C)c1cccc2c(S(=O)(=O)NCCCCCC(=O)NOCc3ccccc3)cccc12. The number of hydrogen-bond donors (Lipinski definition) is 2. The minimum absolute atomic E-state index is 0.182. The molecule has 1 amide bonds. The maximum atomic E-state index is 12.9. The number of fused-ring (bicyclic) bond motifs is 1. The van der Waals surface area contributed by atoms with E-state index in [1.165, 1.54) is 0 Å². The first-order valence-corrected chi connectivity index (χ1v) is 12.5. The zero-order valence-corrected chi connectivity index (χ0v) is 19.9. The Labute approximate surface area is 195 Å². The van der Waals surface area contributed by atoms with E-state index >= 15 is 0 Å². The highest BCUT2D eigenvalue weighted by atomic mass is 32.2. The van der Waals surface area contributed by atoms with Crippen LogP contribution in [0.2, 0.25) is 0 Å². The van der Waals surface area contributed by atoms with E-state index in [1.807, 2.05) is 73.6 Å². The standard InChI is InChI=1S/C25H31N3O4S/c1-28(2)23-15-9-14-22-21(23)13-10-16-24(22)33(30,31)26-18-8-4-7-17-25(29)27-32-19-20-11-5-3-6-12-20/h3,5-6,9-16,26H,4,7-8,17-19H2,1-2H3,(H,27,29). The Kier molecular flexibility index (Phi) is 8.82. The second-order valence-electron chi connectivity index (χ2n) is 8.03. The highest BCUT2D eigenvalue weighted by Crippen LogP contribution is 2.30. The van der Waals surface area contributed by atoms with Crippen LogP contribution in [0.5, 0.6) is 0 Å². The third-order valence-corrected chi connectivity index (χ3v) is 6.79. The number of nitrogens with zero attached hydrogens (tertiary/aromatic N) is 1. The van der Waals surface area contributed by atoms with Crippen LogP contribution in [0.3, 0.4) is 0 Å². The molecular weight excluding hydrogens is 438 g/mol. The molecule has 8 heteroatoms. The van der Waals surface area contributed by atoms with Crippen LogP contribution in [0.15, 0.2) is 71.6 Å². The number of carbonyl (C=O) groups is 1. The highest BCUT2D eigenvalue weighted by Gasteiger charge is 2.18. The van der Waals surface area contributed by atoms with Crippen LogP contribution < -0.4 is 15.1 Å². The lowest BCUT2D eigenvalue weighted by Gasteiger charge is -2.17. The van der Waals surface area contributed by atoms with Crippen LogP contribution in [-0.2, 0) is 26.3 Å². The van der Waals surface area contributed by atoms with E-state index in [2.05, 4.69) is 10.2 Å². The summed E-state index contributed by atoms with van der Waals surface area (Å²) in [6.07, 6.45) is 2.36. The minimum atomic E-state index is -3.64. The van der Waals surface area contributed by atoms with Crippen molar-refractivity contribution in [2.45, 2.75) is 37.2 Å². The first kappa shape index (κ1) is 24.7. The highest BCUT2D eigenvalue weighted by molar-refractivity contribution is 7.89. The van der Waals surface area contributed by atoms with Crippen molar-refractivity contribution in [3.63, 3.8) is 0 Å². The van der Waals surface area contributed by atoms with Gasteiger partial charge in [0.1, 0.15) is 0 Å². The lowest BCUT2D eigenvalue weighted by molar-refractivity contribution is -0.134. The number of unbranched alkanes of at least 4 members (excludes halogenated alkanes) is 2. The number of hydrogen-bond acceptors (Lipinski definition) is 5. The molecule has 0 saturated heterocycles. The van der Waals surface area contributed by atoms with Gasteiger partial charge in [0.25, 0.3) is 0 Å². The number of amides is 1. The summed E-state index contributed by atoms with van der Waals surface area (Å²) in [7, 11) is 0.230. The van der Waals surface area contributed by atoms with E-state index < -0.39 is 10.0 Å². The van der Waals surface area contributed by atoms with Gasteiger partial charge in [-0.05, 0) is 30.5 Å². The van der Waals surface area contributed by atoms with E-state index in [-0.39, 0.29) is 10.8 Å². The Morgan fingerprint density at radius 1 is 0.879 bits per heavy atom. The Morgan fingerprint density at radius 2 is 1.61 bits per heavy atom. The van der Waals surface area contributed by atoms with E-state index in [9.17, 15) is 13.2 Å². The molecule has 3 aromatic carbocycles. The molecule has 2 N–H and O–H groups in total. The molecule has 0 aromatic heterocycles. The zero-order chi connectivity index (χ0) is 23.7. The molecule has 3 rings (SSSR count). The van der Waals surface area contributed by atoms with Gasteiger partial charge in [-0.1, -0.05) is 61.0 Å². The summed E-state index contributed by atoms with van der Waals surface area (Å²) in [5.74, 6) is -0.182. The summed E-state index contributed by atoms with van der Waals surface area (Å²) in [6.45, 7) is 0.636. The average molecular weight is 470 g/mol. The first-order valence-electron chi connectivity index (χ1n) is 11.0.